The molecule has 0 aromatic heterocycles. The second-order valence-electron chi connectivity index (χ2n) is 2.88. The Morgan fingerprint density at radius 1 is 1.56 bits per heavy atom. The Morgan fingerprint density at radius 2 is 2.25 bits per heavy atom. The van der Waals surface area contributed by atoms with Crippen molar-refractivity contribution in [3.8, 4) is 5.75 Å². The topological polar surface area (TPSA) is 38.3 Å². The van der Waals surface area contributed by atoms with Crippen LogP contribution in [0.2, 0.25) is 5.02 Å². The van der Waals surface area contributed by atoms with Crippen LogP contribution < -0.4 is 10.1 Å². The fourth-order valence-corrected chi connectivity index (χ4v) is 2.12. The molecule has 0 fully saturated rings. The van der Waals surface area contributed by atoms with E-state index < -0.39 is 0 Å². The van der Waals surface area contributed by atoms with Gasteiger partial charge in [0.15, 0.2) is 5.75 Å². The Morgan fingerprint density at radius 3 is 2.81 bits per heavy atom. The molecule has 1 amide bonds. The summed E-state index contributed by atoms with van der Waals surface area (Å²) in [6.07, 6.45) is 0. The van der Waals surface area contributed by atoms with Gasteiger partial charge in [-0.1, -0.05) is 11.6 Å². The second kappa shape index (κ2) is 6.33. The average Bonchev–Trinajstić information content (AvgIpc) is 2.23. The maximum atomic E-state index is 11.2. The molecule has 1 aromatic carbocycles. The number of alkyl halides is 1. The number of ether oxygens (including phenoxy) is 1. The largest absolute Gasteiger partial charge is 0.491 e. The van der Waals surface area contributed by atoms with E-state index in [1.807, 2.05) is 6.92 Å². The Hall–Kier alpha value is -0.450. The molecular formula is C10H10BrCl2NO2. The van der Waals surface area contributed by atoms with E-state index in [9.17, 15) is 4.79 Å². The van der Waals surface area contributed by atoms with Gasteiger partial charge < -0.3 is 10.1 Å². The fourth-order valence-electron chi connectivity index (χ4n) is 1.13. The third-order valence-corrected chi connectivity index (χ3v) is 2.74. The van der Waals surface area contributed by atoms with E-state index in [1.54, 1.807) is 12.1 Å². The molecule has 0 aliphatic rings. The molecule has 88 valence electrons. The fraction of sp³-hybridized carbons (Fsp3) is 0.300. The molecule has 1 aromatic rings. The number of halogens is 3. The molecule has 1 rings (SSSR count). The zero-order valence-corrected chi connectivity index (χ0v) is 11.6. The minimum Gasteiger partial charge on any atom is -0.491 e. The van der Waals surface area contributed by atoms with Crippen LogP contribution in [0.25, 0.3) is 0 Å². The third kappa shape index (κ3) is 3.54. The van der Waals surface area contributed by atoms with Crippen LogP contribution in [0.4, 0.5) is 5.69 Å². The molecule has 3 nitrogen and oxygen atoms in total. The first-order chi connectivity index (χ1) is 7.58. The van der Waals surface area contributed by atoms with Crippen LogP contribution in [-0.4, -0.2) is 18.4 Å². The van der Waals surface area contributed by atoms with Crippen LogP contribution in [0, 0.1) is 0 Å². The smallest absolute Gasteiger partial charge is 0.239 e. The number of hydrogen-bond donors (Lipinski definition) is 1. The highest BCUT2D eigenvalue weighted by Crippen LogP contribution is 2.36. The summed E-state index contributed by atoms with van der Waals surface area (Å²) in [5.74, 6) is 0.123. The average molecular weight is 327 g/mol. The third-order valence-electron chi connectivity index (χ3n) is 1.69. The predicted molar refractivity (Wildman–Crippen MR) is 69.7 cm³/mol. The van der Waals surface area contributed by atoms with Crippen molar-refractivity contribution in [1.82, 2.24) is 0 Å². The molecule has 1 N–H and O–H groups in total. The summed E-state index contributed by atoms with van der Waals surface area (Å²) >= 11 is 14.6. The molecule has 0 spiro atoms. The highest BCUT2D eigenvalue weighted by molar-refractivity contribution is 9.10. The lowest BCUT2D eigenvalue weighted by Gasteiger charge is -2.13. The molecule has 0 radical (unpaired) electrons. The first-order valence-electron chi connectivity index (χ1n) is 4.56. The summed E-state index contributed by atoms with van der Waals surface area (Å²) < 4.78 is 6.09. The lowest BCUT2D eigenvalue weighted by atomic mass is 10.3. The minimum atomic E-state index is -0.309. The van der Waals surface area contributed by atoms with Crippen molar-refractivity contribution >= 4 is 50.7 Å². The molecule has 0 bridgehead atoms. The van der Waals surface area contributed by atoms with Crippen LogP contribution in [0.5, 0.6) is 5.75 Å². The Balaban J connectivity index is 3.08. The van der Waals surface area contributed by atoms with Gasteiger partial charge in [0, 0.05) is 5.02 Å². The summed E-state index contributed by atoms with van der Waals surface area (Å²) in [5.41, 5.74) is 0.506. The van der Waals surface area contributed by atoms with Crippen LogP contribution in [-0.2, 0) is 4.79 Å². The van der Waals surface area contributed by atoms with E-state index >= 15 is 0 Å². The molecule has 0 aliphatic heterocycles. The first-order valence-corrected chi connectivity index (χ1v) is 6.26. The van der Waals surface area contributed by atoms with Crippen LogP contribution >= 0.6 is 39.1 Å². The number of amides is 1. The molecule has 16 heavy (non-hydrogen) atoms. The Bertz CT molecular complexity index is 399. The number of hydrogen-bond acceptors (Lipinski definition) is 2. The van der Waals surface area contributed by atoms with Gasteiger partial charge in [0.2, 0.25) is 5.91 Å². The maximum absolute atomic E-state index is 11.2. The number of nitrogens with one attached hydrogen (secondary N) is 1. The summed E-state index contributed by atoms with van der Waals surface area (Å²) in [6, 6.07) is 3.31. The second-order valence-corrected chi connectivity index (χ2v) is 4.44. The molecule has 0 saturated heterocycles. The zero-order chi connectivity index (χ0) is 12.1. The summed E-state index contributed by atoms with van der Waals surface area (Å²) in [4.78, 5) is 11.2. The van der Waals surface area contributed by atoms with Gasteiger partial charge in [-0.15, -0.1) is 11.6 Å². The first kappa shape index (κ1) is 13.6. The molecule has 0 aliphatic carbocycles. The number of benzene rings is 1. The highest BCUT2D eigenvalue weighted by Gasteiger charge is 2.12. The quantitative estimate of drug-likeness (QED) is 0.857. The monoisotopic (exact) mass is 325 g/mol. The standard InChI is InChI=1S/C10H10BrCl2NO2/c1-2-16-10-7(11)3-6(13)4-8(10)14-9(15)5-12/h3-4H,2,5H2,1H3,(H,14,15). The van der Waals surface area contributed by atoms with Gasteiger partial charge in [-0.3, -0.25) is 4.79 Å². The highest BCUT2D eigenvalue weighted by atomic mass is 79.9. The molecule has 6 heteroatoms. The Kier molecular flexibility index (Phi) is 5.38. The lowest BCUT2D eigenvalue weighted by Crippen LogP contribution is -2.13. The molecule has 0 atom stereocenters. The summed E-state index contributed by atoms with van der Waals surface area (Å²) in [5, 5.41) is 3.12. The number of carbonyl (C=O) groups is 1. The van der Waals surface area contributed by atoms with Gasteiger partial charge in [0.1, 0.15) is 5.88 Å². The number of anilines is 1. The molecule has 0 saturated carbocycles. The molecule has 0 heterocycles. The van der Waals surface area contributed by atoms with Crippen LogP contribution in [0.1, 0.15) is 6.92 Å². The maximum Gasteiger partial charge on any atom is 0.239 e. The van der Waals surface area contributed by atoms with Gasteiger partial charge in [0.25, 0.3) is 0 Å². The summed E-state index contributed by atoms with van der Waals surface area (Å²) in [6.45, 7) is 2.35. The summed E-state index contributed by atoms with van der Waals surface area (Å²) in [7, 11) is 0. The van der Waals surface area contributed by atoms with Crippen molar-refractivity contribution in [3.05, 3.63) is 21.6 Å². The van der Waals surface area contributed by atoms with Gasteiger partial charge in [-0.2, -0.15) is 0 Å². The van der Waals surface area contributed by atoms with Crippen LogP contribution in [0.3, 0.4) is 0 Å². The Labute approximate surface area is 112 Å². The van der Waals surface area contributed by atoms with E-state index in [-0.39, 0.29) is 11.8 Å². The minimum absolute atomic E-state index is 0.115. The van der Waals surface area contributed by atoms with Crippen molar-refractivity contribution in [3.63, 3.8) is 0 Å². The van der Waals surface area contributed by atoms with E-state index in [1.165, 1.54) is 0 Å². The van der Waals surface area contributed by atoms with Gasteiger partial charge in [0.05, 0.1) is 16.8 Å². The van der Waals surface area contributed by atoms with Crippen LogP contribution in [0.15, 0.2) is 16.6 Å². The zero-order valence-electron chi connectivity index (χ0n) is 8.52. The number of carbonyl (C=O) groups excluding carboxylic acids is 1. The van der Waals surface area contributed by atoms with Gasteiger partial charge in [-0.25, -0.2) is 0 Å². The van der Waals surface area contributed by atoms with Crippen molar-refractivity contribution in [2.75, 3.05) is 17.8 Å². The molecular weight excluding hydrogens is 317 g/mol. The van der Waals surface area contributed by atoms with E-state index in [0.717, 1.165) is 0 Å². The van der Waals surface area contributed by atoms with Gasteiger partial charge in [-0.05, 0) is 35.0 Å². The van der Waals surface area contributed by atoms with Crippen molar-refractivity contribution in [2.24, 2.45) is 0 Å². The van der Waals surface area contributed by atoms with E-state index in [0.29, 0.717) is 27.5 Å². The molecule has 0 unspecified atom stereocenters. The predicted octanol–water partition coefficient (Wildman–Crippen LogP) is 3.68. The number of rotatable bonds is 4. The van der Waals surface area contributed by atoms with E-state index in [2.05, 4.69) is 21.2 Å². The lowest BCUT2D eigenvalue weighted by molar-refractivity contribution is -0.113. The SMILES string of the molecule is CCOc1c(Br)cc(Cl)cc1NC(=O)CCl. The normalized spacial score (nSPS) is 10.0. The van der Waals surface area contributed by atoms with Crippen molar-refractivity contribution in [1.29, 1.82) is 0 Å². The van der Waals surface area contributed by atoms with Gasteiger partial charge >= 0.3 is 0 Å². The van der Waals surface area contributed by atoms with E-state index in [4.69, 9.17) is 27.9 Å². The van der Waals surface area contributed by atoms with Crippen molar-refractivity contribution < 1.29 is 9.53 Å². The van der Waals surface area contributed by atoms with Crippen molar-refractivity contribution in [2.45, 2.75) is 6.92 Å².